The quantitative estimate of drug-likeness (QED) is 0.804. The van der Waals surface area contributed by atoms with Gasteiger partial charge >= 0.3 is 5.97 Å². The van der Waals surface area contributed by atoms with Crippen LogP contribution in [-0.2, 0) is 14.9 Å². The van der Waals surface area contributed by atoms with Gasteiger partial charge in [-0.05, 0) is 30.0 Å². The summed E-state index contributed by atoms with van der Waals surface area (Å²) in [7, 11) is 1.29. The second kappa shape index (κ2) is 4.52. The van der Waals surface area contributed by atoms with Gasteiger partial charge in [0.1, 0.15) is 6.54 Å². The van der Waals surface area contributed by atoms with Gasteiger partial charge in [0.05, 0.1) is 13.0 Å². The Balaban J connectivity index is 1.68. The molecule has 3 aliphatic rings. The molecule has 0 aromatic heterocycles. The molecule has 1 heterocycles. The van der Waals surface area contributed by atoms with Crippen molar-refractivity contribution in [3.05, 3.63) is 34.9 Å². The molecule has 4 rings (SSSR count). The molecule has 2 aliphatic carbocycles. The van der Waals surface area contributed by atoms with Gasteiger partial charge in [-0.25, -0.2) is 8.78 Å². The standard InChI is InChI=1S/C17H17F2NO3/c1-23-14(21)8-20-9-16(4-5-16)12-6-10(13-7-17(13,18)19)2-3-11(12)15(20)22/h2-3,6,13H,4-5,7-9H2,1H3. The summed E-state index contributed by atoms with van der Waals surface area (Å²) < 4.78 is 31.3. The minimum atomic E-state index is -2.61. The summed E-state index contributed by atoms with van der Waals surface area (Å²) in [5.74, 6) is -4.00. The van der Waals surface area contributed by atoms with E-state index in [1.165, 1.54) is 12.0 Å². The van der Waals surface area contributed by atoms with E-state index in [1.807, 2.05) is 0 Å². The van der Waals surface area contributed by atoms with Crippen molar-refractivity contribution in [3.8, 4) is 0 Å². The Kier molecular flexibility index (Phi) is 2.87. The van der Waals surface area contributed by atoms with Crippen molar-refractivity contribution >= 4 is 11.9 Å². The van der Waals surface area contributed by atoms with Crippen LogP contribution in [0.3, 0.4) is 0 Å². The number of amides is 1. The van der Waals surface area contributed by atoms with Crippen LogP contribution in [0, 0.1) is 0 Å². The van der Waals surface area contributed by atoms with Crippen LogP contribution in [-0.4, -0.2) is 42.9 Å². The number of nitrogens with zero attached hydrogens (tertiary/aromatic N) is 1. The molecule has 1 aromatic rings. The molecule has 1 unspecified atom stereocenters. The van der Waals surface area contributed by atoms with E-state index < -0.39 is 17.8 Å². The van der Waals surface area contributed by atoms with Gasteiger partial charge in [-0.15, -0.1) is 0 Å². The zero-order valence-corrected chi connectivity index (χ0v) is 12.8. The number of esters is 1. The van der Waals surface area contributed by atoms with Crippen LogP contribution in [0.5, 0.6) is 0 Å². The molecule has 0 saturated heterocycles. The summed E-state index contributed by atoms with van der Waals surface area (Å²) >= 11 is 0. The summed E-state index contributed by atoms with van der Waals surface area (Å²) in [6.07, 6.45) is 1.71. The Morgan fingerprint density at radius 2 is 2.09 bits per heavy atom. The molecule has 1 aromatic carbocycles. The van der Waals surface area contributed by atoms with E-state index in [0.29, 0.717) is 17.7 Å². The van der Waals surface area contributed by atoms with Crippen molar-refractivity contribution in [2.75, 3.05) is 20.2 Å². The van der Waals surface area contributed by atoms with E-state index in [4.69, 9.17) is 0 Å². The number of benzene rings is 1. The fourth-order valence-electron chi connectivity index (χ4n) is 3.60. The molecule has 1 spiro atoms. The molecule has 6 heteroatoms. The maximum Gasteiger partial charge on any atom is 0.325 e. The van der Waals surface area contributed by atoms with E-state index in [1.54, 1.807) is 18.2 Å². The Morgan fingerprint density at radius 1 is 1.39 bits per heavy atom. The average Bonchev–Trinajstić information content (AvgIpc) is 3.42. The van der Waals surface area contributed by atoms with Crippen LogP contribution in [0.15, 0.2) is 18.2 Å². The smallest absolute Gasteiger partial charge is 0.325 e. The molecule has 1 aliphatic heterocycles. The molecular weight excluding hydrogens is 304 g/mol. The van der Waals surface area contributed by atoms with E-state index in [9.17, 15) is 18.4 Å². The van der Waals surface area contributed by atoms with Gasteiger partial charge < -0.3 is 9.64 Å². The third-order valence-electron chi connectivity index (χ3n) is 5.26. The molecule has 0 bridgehead atoms. The first kappa shape index (κ1) is 14.6. The third-order valence-corrected chi connectivity index (χ3v) is 5.26. The molecule has 0 radical (unpaired) electrons. The highest BCUT2D eigenvalue weighted by Crippen LogP contribution is 2.58. The molecule has 4 nitrogen and oxygen atoms in total. The van der Waals surface area contributed by atoms with Gasteiger partial charge in [-0.2, -0.15) is 0 Å². The predicted octanol–water partition coefficient (Wildman–Crippen LogP) is 2.47. The molecule has 1 atom stereocenters. The lowest BCUT2D eigenvalue weighted by molar-refractivity contribution is -0.141. The van der Waals surface area contributed by atoms with Crippen molar-refractivity contribution in [1.82, 2.24) is 4.90 Å². The monoisotopic (exact) mass is 321 g/mol. The highest BCUT2D eigenvalue weighted by Gasteiger charge is 2.58. The fraction of sp³-hybridized carbons (Fsp3) is 0.529. The van der Waals surface area contributed by atoms with Crippen LogP contribution in [0.4, 0.5) is 8.78 Å². The fourth-order valence-corrected chi connectivity index (χ4v) is 3.60. The van der Waals surface area contributed by atoms with Crippen molar-refractivity contribution < 1.29 is 23.1 Å². The Morgan fingerprint density at radius 3 is 2.65 bits per heavy atom. The number of halogens is 2. The zero-order chi connectivity index (χ0) is 16.4. The van der Waals surface area contributed by atoms with Crippen LogP contribution in [0.2, 0.25) is 0 Å². The van der Waals surface area contributed by atoms with Gasteiger partial charge in [-0.1, -0.05) is 12.1 Å². The molecule has 2 fully saturated rings. The number of ether oxygens (including phenoxy) is 1. The lowest BCUT2D eigenvalue weighted by Gasteiger charge is -2.34. The van der Waals surface area contributed by atoms with E-state index >= 15 is 0 Å². The zero-order valence-electron chi connectivity index (χ0n) is 12.8. The number of rotatable bonds is 3. The van der Waals surface area contributed by atoms with E-state index in [2.05, 4.69) is 4.74 Å². The molecule has 2 saturated carbocycles. The van der Waals surface area contributed by atoms with Crippen LogP contribution in [0.25, 0.3) is 0 Å². The predicted molar refractivity (Wildman–Crippen MR) is 77.6 cm³/mol. The number of hydrogen-bond donors (Lipinski definition) is 0. The topological polar surface area (TPSA) is 46.6 Å². The minimum Gasteiger partial charge on any atom is -0.468 e. The van der Waals surface area contributed by atoms with Gasteiger partial charge in [0.15, 0.2) is 0 Å². The van der Waals surface area contributed by atoms with Gasteiger partial charge in [0.2, 0.25) is 0 Å². The summed E-state index contributed by atoms with van der Waals surface area (Å²) in [4.78, 5) is 25.6. The summed E-state index contributed by atoms with van der Waals surface area (Å²) in [6.45, 7) is 0.386. The molecule has 1 amide bonds. The molecule has 0 N–H and O–H groups in total. The first-order valence-electron chi connectivity index (χ1n) is 7.75. The first-order valence-corrected chi connectivity index (χ1v) is 7.75. The summed E-state index contributed by atoms with van der Waals surface area (Å²) in [5.41, 5.74) is 1.86. The van der Waals surface area contributed by atoms with Crippen molar-refractivity contribution in [3.63, 3.8) is 0 Å². The number of carbonyl (C=O) groups is 2. The van der Waals surface area contributed by atoms with Crippen LogP contribution < -0.4 is 0 Å². The molecular formula is C17H17F2NO3. The van der Waals surface area contributed by atoms with Gasteiger partial charge in [0, 0.05) is 23.9 Å². The molecule has 122 valence electrons. The number of carbonyl (C=O) groups excluding carboxylic acids is 2. The van der Waals surface area contributed by atoms with Crippen LogP contribution in [0.1, 0.15) is 46.7 Å². The summed E-state index contributed by atoms with van der Waals surface area (Å²) in [5, 5.41) is 0. The van der Waals surface area contributed by atoms with Gasteiger partial charge in [-0.3, -0.25) is 9.59 Å². The minimum absolute atomic E-state index is 0.0705. The number of methoxy groups -OCH3 is 1. The highest BCUT2D eigenvalue weighted by molar-refractivity contribution is 5.99. The first-order chi connectivity index (χ1) is 10.9. The highest BCUT2D eigenvalue weighted by atomic mass is 19.3. The SMILES string of the molecule is COC(=O)CN1CC2(CC2)c2cc(C3CC3(F)F)ccc2C1=O. The van der Waals surface area contributed by atoms with Crippen molar-refractivity contribution in [1.29, 1.82) is 0 Å². The van der Waals surface area contributed by atoms with Gasteiger partial charge in [0.25, 0.3) is 11.8 Å². The number of hydrogen-bond acceptors (Lipinski definition) is 3. The van der Waals surface area contributed by atoms with Crippen molar-refractivity contribution in [2.24, 2.45) is 0 Å². The van der Waals surface area contributed by atoms with Crippen LogP contribution >= 0.6 is 0 Å². The second-order valence-corrected chi connectivity index (χ2v) is 6.84. The van der Waals surface area contributed by atoms with Crippen molar-refractivity contribution in [2.45, 2.75) is 36.5 Å². The number of alkyl halides is 2. The third kappa shape index (κ3) is 2.23. The lowest BCUT2D eigenvalue weighted by Crippen LogP contribution is -2.46. The Hall–Kier alpha value is -1.98. The maximum absolute atomic E-state index is 13.3. The molecule has 23 heavy (non-hydrogen) atoms. The summed E-state index contributed by atoms with van der Waals surface area (Å²) in [6, 6.07) is 5.06. The Labute approximate surface area is 132 Å². The lowest BCUT2D eigenvalue weighted by atomic mass is 9.84. The van der Waals surface area contributed by atoms with E-state index in [0.717, 1.165) is 18.4 Å². The second-order valence-electron chi connectivity index (χ2n) is 6.84. The largest absolute Gasteiger partial charge is 0.468 e. The maximum atomic E-state index is 13.3. The van der Waals surface area contributed by atoms with E-state index in [-0.39, 0.29) is 24.3 Å². The number of fused-ring (bicyclic) bond motifs is 2. The normalized spacial score (nSPS) is 26.0. The Bertz CT molecular complexity index is 712. The average molecular weight is 321 g/mol.